The molecule has 1 amide bonds. The molecule has 2 aromatic rings. The van der Waals surface area contributed by atoms with E-state index in [1.54, 1.807) is 11.0 Å². The van der Waals surface area contributed by atoms with E-state index in [1.807, 2.05) is 57.2 Å². The molecule has 35 heavy (non-hydrogen) atoms. The van der Waals surface area contributed by atoms with Gasteiger partial charge >= 0.3 is 0 Å². The fourth-order valence-corrected chi connectivity index (χ4v) is 4.33. The Bertz CT molecular complexity index is 1130. The molecule has 3 rings (SSSR count). The maximum absolute atomic E-state index is 13.4. The summed E-state index contributed by atoms with van der Waals surface area (Å²) < 4.78 is 11.6. The molecule has 1 saturated heterocycles. The molecule has 1 aliphatic heterocycles. The summed E-state index contributed by atoms with van der Waals surface area (Å²) in [6.07, 6.45) is 1.50. The predicted molar refractivity (Wildman–Crippen MR) is 138 cm³/mol. The number of nitrogens with zero attached hydrogens (tertiary/aromatic N) is 1. The van der Waals surface area contributed by atoms with Gasteiger partial charge in [-0.3, -0.25) is 9.59 Å². The zero-order valence-corrected chi connectivity index (χ0v) is 21.8. The molecule has 2 aromatic carbocycles. The van der Waals surface area contributed by atoms with Crippen LogP contribution in [0.5, 0.6) is 11.5 Å². The maximum atomic E-state index is 13.4. The number of amides is 1. The lowest BCUT2D eigenvalue weighted by molar-refractivity contribution is -0.139. The number of aliphatic hydroxyl groups is 1. The third kappa shape index (κ3) is 5.37. The number of aliphatic hydroxyl groups excluding tert-OH is 1. The summed E-state index contributed by atoms with van der Waals surface area (Å²) in [5.74, 6) is -0.547. The standard InChI is InChI=1S/C29H37NO5/c1-8-9-16-30-25(20-12-10-11-13-23(20)35-18(2)3)24(27(32)28(30)33)26(31)21-17-19(29(4,5)6)14-15-22(21)34-7/h10-15,17-18,25,31H,8-9,16H2,1-7H3/b26-24+. The third-order valence-corrected chi connectivity index (χ3v) is 6.19. The molecule has 0 radical (unpaired) electrons. The van der Waals surface area contributed by atoms with E-state index in [0.717, 1.165) is 18.4 Å². The molecule has 1 atom stereocenters. The first kappa shape index (κ1) is 26.3. The van der Waals surface area contributed by atoms with E-state index in [4.69, 9.17) is 9.47 Å². The van der Waals surface area contributed by atoms with Gasteiger partial charge in [0.05, 0.1) is 30.4 Å². The van der Waals surface area contributed by atoms with Gasteiger partial charge in [-0.15, -0.1) is 0 Å². The molecule has 188 valence electrons. The highest BCUT2D eigenvalue weighted by molar-refractivity contribution is 6.46. The number of rotatable bonds is 8. The Hall–Kier alpha value is -3.28. The number of Topliss-reactive ketones (excluding diaryl/α,β-unsaturated/α-hetero) is 1. The number of likely N-dealkylation sites (tertiary alicyclic amines) is 1. The van der Waals surface area contributed by atoms with Crippen LogP contribution in [0, 0.1) is 0 Å². The fourth-order valence-electron chi connectivity index (χ4n) is 4.33. The van der Waals surface area contributed by atoms with Gasteiger partial charge in [-0.25, -0.2) is 0 Å². The lowest BCUT2D eigenvalue weighted by Gasteiger charge is -2.27. The fraction of sp³-hybridized carbons (Fsp3) is 0.448. The summed E-state index contributed by atoms with van der Waals surface area (Å²) in [7, 11) is 1.52. The lowest BCUT2D eigenvalue weighted by Crippen LogP contribution is -2.31. The topological polar surface area (TPSA) is 76.1 Å². The zero-order chi connectivity index (χ0) is 25.9. The van der Waals surface area contributed by atoms with Crippen molar-refractivity contribution in [1.82, 2.24) is 4.90 Å². The number of carbonyl (C=O) groups excluding carboxylic acids is 2. The summed E-state index contributed by atoms with van der Waals surface area (Å²) >= 11 is 0. The molecule has 0 aliphatic carbocycles. The Morgan fingerprint density at radius 3 is 2.37 bits per heavy atom. The van der Waals surface area contributed by atoms with Crippen LogP contribution in [0.15, 0.2) is 48.0 Å². The monoisotopic (exact) mass is 479 g/mol. The summed E-state index contributed by atoms with van der Waals surface area (Å²) in [6.45, 7) is 12.5. The van der Waals surface area contributed by atoms with E-state index < -0.39 is 17.7 Å². The molecule has 1 N–H and O–H groups in total. The van der Waals surface area contributed by atoms with Crippen molar-refractivity contribution in [2.75, 3.05) is 13.7 Å². The van der Waals surface area contributed by atoms with Crippen molar-refractivity contribution in [2.45, 2.75) is 71.9 Å². The maximum Gasteiger partial charge on any atom is 0.295 e. The van der Waals surface area contributed by atoms with E-state index in [2.05, 4.69) is 20.8 Å². The van der Waals surface area contributed by atoms with Crippen LogP contribution < -0.4 is 9.47 Å². The SMILES string of the molecule is CCCCN1C(=O)C(=O)/C(=C(/O)c2cc(C(C)(C)C)ccc2OC)C1c1ccccc1OC(C)C. The first-order chi connectivity index (χ1) is 16.5. The Balaban J connectivity index is 2.30. The summed E-state index contributed by atoms with van der Waals surface area (Å²) in [4.78, 5) is 28.2. The van der Waals surface area contributed by atoms with Crippen LogP contribution in [0.1, 0.15) is 77.1 Å². The smallest absolute Gasteiger partial charge is 0.295 e. The van der Waals surface area contributed by atoms with Crippen LogP contribution in [0.2, 0.25) is 0 Å². The van der Waals surface area contributed by atoms with Crippen molar-refractivity contribution in [3.8, 4) is 11.5 Å². The van der Waals surface area contributed by atoms with Gasteiger partial charge in [-0.05, 0) is 49.4 Å². The minimum Gasteiger partial charge on any atom is -0.507 e. The van der Waals surface area contributed by atoms with Crippen LogP contribution in [0.4, 0.5) is 0 Å². The summed E-state index contributed by atoms with van der Waals surface area (Å²) in [5.41, 5.74) is 1.89. The highest BCUT2D eigenvalue weighted by atomic mass is 16.5. The highest BCUT2D eigenvalue weighted by Gasteiger charge is 2.47. The van der Waals surface area contributed by atoms with Crippen molar-refractivity contribution in [3.05, 3.63) is 64.7 Å². The quantitative estimate of drug-likeness (QED) is 0.285. The van der Waals surface area contributed by atoms with Gasteiger partial charge in [0, 0.05) is 12.1 Å². The minimum atomic E-state index is -0.764. The molecule has 0 bridgehead atoms. The number of para-hydroxylation sites is 1. The Kier molecular flexibility index (Phi) is 7.93. The second kappa shape index (κ2) is 10.5. The number of hydrogen-bond acceptors (Lipinski definition) is 5. The number of benzene rings is 2. The number of ether oxygens (including phenoxy) is 2. The molecule has 0 saturated carbocycles. The number of methoxy groups -OCH3 is 1. The molecule has 1 fully saturated rings. The van der Waals surface area contributed by atoms with Crippen LogP contribution >= 0.6 is 0 Å². The minimum absolute atomic E-state index is 0.0512. The van der Waals surface area contributed by atoms with Gasteiger partial charge in [-0.1, -0.05) is 58.4 Å². The van der Waals surface area contributed by atoms with Gasteiger partial charge in [0.1, 0.15) is 17.3 Å². The predicted octanol–water partition coefficient (Wildman–Crippen LogP) is 6.00. The van der Waals surface area contributed by atoms with Crippen molar-refractivity contribution < 1.29 is 24.2 Å². The molecule has 0 aromatic heterocycles. The second-order valence-electron chi connectivity index (χ2n) is 10.2. The Morgan fingerprint density at radius 1 is 1.09 bits per heavy atom. The van der Waals surface area contributed by atoms with Crippen molar-refractivity contribution >= 4 is 17.4 Å². The van der Waals surface area contributed by atoms with Crippen molar-refractivity contribution in [3.63, 3.8) is 0 Å². The molecular weight excluding hydrogens is 442 g/mol. The van der Waals surface area contributed by atoms with Crippen molar-refractivity contribution in [1.29, 1.82) is 0 Å². The largest absolute Gasteiger partial charge is 0.507 e. The van der Waals surface area contributed by atoms with Crippen LogP contribution in [0.25, 0.3) is 5.76 Å². The van der Waals surface area contributed by atoms with Crippen molar-refractivity contribution in [2.24, 2.45) is 0 Å². The number of unbranched alkanes of at least 4 members (excludes halogenated alkanes) is 1. The molecule has 6 nitrogen and oxygen atoms in total. The first-order valence-electron chi connectivity index (χ1n) is 12.2. The van der Waals surface area contributed by atoms with E-state index in [-0.39, 0.29) is 22.9 Å². The molecular formula is C29H37NO5. The van der Waals surface area contributed by atoms with E-state index >= 15 is 0 Å². The van der Waals surface area contributed by atoms with Gasteiger partial charge in [0.2, 0.25) is 0 Å². The van der Waals surface area contributed by atoms with E-state index in [0.29, 0.717) is 29.2 Å². The molecule has 1 heterocycles. The second-order valence-corrected chi connectivity index (χ2v) is 10.2. The summed E-state index contributed by atoms with van der Waals surface area (Å²) in [6, 6.07) is 12.2. The van der Waals surface area contributed by atoms with Crippen LogP contribution in [0.3, 0.4) is 0 Å². The average molecular weight is 480 g/mol. The van der Waals surface area contributed by atoms with Gasteiger partial charge in [-0.2, -0.15) is 0 Å². The Labute approximate surface area is 208 Å². The van der Waals surface area contributed by atoms with Gasteiger partial charge in [0.25, 0.3) is 11.7 Å². The molecule has 6 heteroatoms. The number of ketones is 1. The normalized spacial score (nSPS) is 17.8. The van der Waals surface area contributed by atoms with E-state index in [1.165, 1.54) is 7.11 Å². The number of carbonyl (C=O) groups is 2. The average Bonchev–Trinajstić information content (AvgIpc) is 3.05. The summed E-state index contributed by atoms with van der Waals surface area (Å²) in [5, 5.41) is 11.6. The van der Waals surface area contributed by atoms with Crippen LogP contribution in [-0.2, 0) is 15.0 Å². The van der Waals surface area contributed by atoms with Crippen LogP contribution in [-0.4, -0.2) is 41.5 Å². The molecule has 0 spiro atoms. The highest BCUT2D eigenvalue weighted by Crippen LogP contribution is 2.44. The van der Waals surface area contributed by atoms with Gasteiger partial charge < -0.3 is 19.5 Å². The van der Waals surface area contributed by atoms with Gasteiger partial charge in [0.15, 0.2) is 0 Å². The number of hydrogen-bond donors (Lipinski definition) is 1. The third-order valence-electron chi connectivity index (χ3n) is 6.19. The molecule has 1 unspecified atom stereocenters. The zero-order valence-electron chi connectivity index (χ0n) is 21.8. The Morgan fingerprint density at radius 2 is 1.77 bits per heavy atom. The first-order valence-corrected chi connectivity index (χ1v) is 12.2. The lowest BCUT2D eigenvalue weighted by atomic mass is 9.85. The van der Waals surface area contributed by atoms with E-state index in [9.17, 15) is 14.7 Å². The molecule has 1 aliphatic rings.